The molecule has 0 spiro atoms. The smallest absolute Gasteiger partial charge is 0.326 e. The van der Waals surface area contributed by atoms with Crippen molar-refractivity contribution in [3.8, 4) is 5.88 Å². The molecular weight excluding hydrogens is 262 g/mol. The van der Waals surface area contributed by atoms with Crippen LogP contribution in [0.4, 0.5) is 10.5 Å². The maximum atomic E-state index is 11.9. The standard InChI is InChI=1S/C13H19N3O4/c1-4-10(12(17)18)16(3)13(19)15-9-6-7-11(14-8-9)20-5-2/h6-8,10H,4-5H2,1-3H3,(H,15,19)(H,17,18). The van der Waals surface area contributed by atoms with E-state index >= 15 is 0 Å². The fourth-order valence-electron chi connectivity index (χ4n) is 1.65. The van der Waals surface area contributed by atoms with Crippen molar-refractivity contribution in [3.05, 3.63) is 18.3 Å². The number of anilines is 1. The van der Waals surface area contributed by atoms with Crippen LogP contribution in [-0.4, -0.2) is 46.7 Å². The highest BCUT2D eigenvalue weighted by molar-refractivity contribution is 5.91. The van der Waals surface area contributed by atoms with Crippen molar-refractivity contribution >= 4 is 17.7 Å². The molecule has 2 amide bonds. The normalized spacial score (nSPS) is 11.6. The van der Waals surface area contributed by atoms with Gasteiger partial charge in [0.25, 0.3) is 0 Å². The number of pyridine rings is 1. The molecule has 1 rings (SSSR count). The van der Waals surface area contributed by atoms with Crippen LogP contribution in [0.15, 0.2) is 18.3 Å². The first-order valence-electron chi connectivity index (χ1n) is 6.35. The van der Waals surface area contributed by atoms with E-state index in [1.54, 1.807) is 19.1 Å². The molecule has 0 aliphatic heterocycles. The van der Waals surface area contributed by atoms with Gasteiger partial charge in [-0.2, -0.15) is 0 Å². The zero-order chi connectivity index (χ0) is 15.1. The van der Waals surface area contributed by atoms with Crippen molar-refractivity contribution in [3.63, 3.8) is 0 Å². The molecule has 7 heteroatoms. The van der Waals surface area contributed by atoms with Crippen molar-refractivity contribution in [1.29, 1.82) is 0 Å². The number of urea groups is 1. The maximum absolute atomic E-state index is 11.9. The van der Waals surface area contributed by atoms with Gasteiger partial charge in [0.15, 0.2) is 0 Å². The molecule has 7 nitrogen and oxygen atoms in total. The third-order valence-corrected chi connectivity index (χ3v) is 2.74. The van der Waals surface area contributed by atoms with Crippen LogP contribution < -0.4 is 10.1 Å². The molecule has 110 valence electrons. The number of hydrogen-bond acceptors (Lipinski definition) is 4. The summed E-state index contributed by atoms with van der Waals surface area (Å²) in [5, 5.41) is 11.6. The quantitative estimate of drug-likeness (QED) is 0.829. The highest BCUT2D eigenvalue weighted by atomic mass is 16.5. The second-order valence-corrected chi connectivity index (χ2v) is 4.12. The number of ether oxygens (including phenoxy) is 1. The van der Waals surface area contributed by atoms with Gasteiger partial charge in [0.05, 0.1) is 18.5 Å². The van der Waals surface area contributed by atoms with Gasteiger partial charge in [-0.25, -0.2) is 14.6 Å². The number of nitrogens with one attached hydrogen (secondary N) is 1. The SMILES string of the molecule is CCOc1ccc(NC(=O)N(C)C(CC)C(=O)O)cn1. The van der Waals surface area contributed by atoms with Crippen LogP contribution in [0.2, 0.25) is 0 Å². The van der Waals surface area contributed by atoms with Crippen molar-refractivity contribution in [1.82, 2.24) is 9.88 Å². The van der Waals surface area contributed by atoms with Crippen LogP contribution in [0.25, 0.3) is 0 Å². The van der Waals surface area contributed by atoms with Crippen LogP contribution >= 0.6 is 0 Å². The average molecular weight is 281 g/mol. The third kappa shape index (κ3) is 4.11. The minimum Gasteiger partial charge on any atom is -0.480 e. The average Bonchev–Trinajstić information content (AvgIpc) is 2.41. The van der Waals surface area contributed by atoms with Crippen LogP contribution in [0.1, 0.15) is 20.3 Å². The number of carbonyl (C=O) groups is 2. The highest BCUT2D eigenvalue weighted by Crippen LogP contribution is 2.13. The fourth-order valence-corrected chi connectivity index (χ4v) is 1.65. The molecule has 1 heterocycles. The molecule has 0 saturated carbocycles. The van der Waals surface area contributed by atoms with Crippen molar-refractivity contribution in [2.24, 2.45) is 0 Å². The monoisotopic (exact) mass is 281 g/mol. The summed E-state index contributed by atoms with van der Waals surface area (Å²) in [6, 6.07) is 1.93. The minimum absolute atomic E-state index is 0.334. The van der Waals surface area contributed by atoms with Gasteiger partial charge < -0.3 is 20.1 Å². The van der Waals surface area contributed by atoms with E-state index in [-0.39, 0.29) is 0 Å². The Morgan fingerprint density at radius 3 is 2.60 bits per heavy atom. The largest absolute Gasteiger partial charge is 0.480 e. The first kappa shape index (κ1) is 15.7. The Bertz CT molecular complexity index is 461. The Labute approximate surface area is 117 Å². The number of aromatic nitrogens is 1. The lowest BCUT2D eigenvalue weighted by Crippen LogP contribution is -2.44. The number of amides is 2. The van der Waals surface area contributed by atoms with Gasteiger partial charge in [-0.05, 0) is 19.4 Å². The molecule has 0 aliphatic rings. The van der Waals surface area contributed by atoms with Gasteiger partial charge in [-0.1, -0.05) is 6.92 Å². The van der Waals surface area contributed by atoms with Gasteiger partial charge in [-0.3, -0.25) is 0 Å². The zero-order valence-electron chi connectivity index (χ0n) is 11.8. The summed E-state index contributed by atoms with van der Waals surface area (Å²) >= 11 is 0. The van der Waals surface area contributed by atoms with E-state index in [1.165, 1.54) is 13.2 Å². The number of likely N-dealkylation sites (N-methyl/N-ethyl adjacent to an activating group) is 1. The van der Waals surface area contributed by atoms with Gasteiger partial charge in [-0.15, -0.1) is 0 Å². The zero-order valence-corrected chi connectivity index (χ0v) is 11.8. The Balaban J connectivity index is 2.67. The molecule has 1 atom stereocenters. The van der Waals surface area contributed by atoms with E-state index in [0.717, 1.165) is 4.90 Å². The van der Waals surface area contributed by atoms with Crippen LogP contribution in [0, 0.1) is 0 Å². The predicted octanol–water partition coefficient (Wildman–Crippen LogP) is 1.81. The summed E-state index contributed by atoms with van der Waals surface area (Å²) in [5.74, 6) is -0.564. The van der Waals surface area contributed by atoms with Gasteiger partial charge in [0.2, 0.25) is 5.88 Å². The Morgan fingerprint density at radius 2 is 2.15 bits per heavy atom. The van der Waals surface area contributed by atoms with E-state index in [9.17, 15) is 9.59 Å². The Hall–Kier alpha value is -2.31. The molecular formula is C13H19N3O4. The number of carboxylic acid groups (broad SMARTS) is 1. The summed E-state index contributed by atoms with van der Waals surface area (Å²) < 4.78 is 5.19. The summed E-state index contributed by atoms with van der Waals surface area (Å²) in [4.78, 5) is 28.1. The molecule has 0 saturated heterocycles. The Morgan fingerprint density at radius 1 is 1.45 bits per heavy atom. The van der Waals surface area contributed by atoms with E-state index in [1.807, 2.05) is 6.92 Å². The Kier molecular flexibility index (Phi) is 5.76. The molecule has 0 fully saturated rings. The predicted molar refractivity (Wildman–Crippen MR) is 73.9 cm³/mol. The molecule has 1 unspecified atom stereocenters. The summed E-state index contributed by atoms with van der Waals surface area (Å²) in [7, 11) is 1.44. The maximum Gasteiger partial charge on any atom is 0.326 e. The molecule has 0 bridgehead atoms. The minimum atomic E-state index is -1.03. The number of hydrogen-bond donors (Lipinski definition) is 2. The first-order chi connectivity index (χ1) is 9.49. The number of nitrogens with zero attached hydrogens (tertiary/aromatic N) is 2. The molecule has 0 aromatic carbocycles. The number of carbonyl (C=O) groups excluding carboxylic acids is 1. The van der Waals surface area contributed by atoms with Gasteiger partial charge in [0, 0.05) is 13.1 Å². The number of carboxylic acids is 1. The summed E-state index contributed by atoms with van der Waals surface area (Å²) in [6.45, 7) is 4.07. The summed E-state index contributed by atoms with van der Waals surface area (Å²) in [5.41, 5.74) is 0.477. The molecule has 1 aromatic rings. The lowest BCUT2D eigenvalue weighted by atomic mass is 10.2. The highest BCUT2D eigenvalue weighted by Gasteiger charge is 2.24. The van der Waals surface area contributed by atoms with Crippen molar-refractivity contribution in [2.45, 2.75) is 26.3 Å². The van der Waals surface area contributed by atoms with E-state index in [0.29, 0.717) is 24.6 Å². The fraction of sp³-hybridized carbons (Fsp3) is 0.462. The van der Waals surface area contributed by atoms with Gasteiger partial charge >= 0.3 is 12.0 Å². The van der Waals surface area contributed by atoms with E-state index in [4.69, 9.17) is 9.84 Å². The third-order valence-electron chi connectivity index (χ3n) is 2.74. The van der Waals surface area contributed by atoms with Crippen LogP contribution in [-0.2, 0) is 4.79 Å². The van der Waals surface area contributed by atoms with Crippen molar-refractivity contribution in [2.75, 3.05) is 19.0 Å². The lowest BCUT2D eigenvalue weighted by molar-refractivity contribution is -0.141. The second kappa shape index (κ2) is 7.32. The van der Waals surface area contributed by atoms with Crippen molar-refractivity contribution < 1.29 is 19.4 Å². The topological polar surface area (TPSA) is 91.8 Å². The van der Waals surface area contributed by atoms with E-state index in [2.05, 4.69) is 10.3 Å². The molecule has 20 heavy (non-hydrogen) atoms. The van der Waals surface area contributed by atoms with Crippen LogP contribution in [0.3, 0.4) is 0 Å². The molecule has 2 N–H and O–H groups in total. The molecule has 0 radical (unpaired) electrons. The second-order valence-electron chi connectivity index (χ2n) is 4.12. The lowest BCUT2D eigenvalue weighted by Gasteiger charge is -2.23. The molecule has 1 aromatic heterocycles. The van der Waals surface area contributed by atoms with E-state index < -0.39 is 18.0 Å². The van der Waals surface area contributed by atoms with Gasteiger partial charge in [0.1, 0.15) is 6.04 Å². The van der Waals surface area contributed by atoms with Crippen LogP contribution in [0.5, 0.6) is 5.88 Å². The summed E-state index contributed by atoms with van der Waals surface area (Å²) in [6.07, 6.45) is 1.79. The number of aliphatic carboxylic acids is 1. The molecule has 0 aliphatic carbocycles. The first-order valence-corrected chi connectivity index (χ1v) is 6.35. The number of rotatable bonds is 6.